The molecule has 1 fully saturated rings. The van der Waals surface area contributed by atoms with Gasteiger partial charge in [0.1, 0.15) is 0 Å². The van der Waals surface area contributed by atoms with Gasteiger partial charge in [-0.1, -0.05) is 0 Å². The minimum absolute atomic E-state index is 0.460. The van der Waals surface area contributed by atoms with Gasteiger partial charge in [0.2, 0.25) is 0 Å². The van der Waals surface area contributed by atoms with Crippen LogP contribution in [-0.4, -0.2) is 30.1 Å². The summed E-state index contributed by atoms with van der Waals surface area (Å²) in [6.07, 6.45) is 2.66. The van der Waals surface area contributed by atoms with Gasteiger partial charge >= 0.3 is 12.1 Å². The topological polar surface area (TPSA) is 46.6 Å². The molecular weight excluding hydrogens is 194 g/mol. The first-order chi connectivity index (χ1) is 6.91. The lowest BCUT2D eigenvalue weighted by Crippen LogP contribution is -2.39. The average molecular weight is 213 g/mol. The number of likely N-dealkylation sites (tertiary alicyclic amines) is 1. The number of carbonyl (C=O) groups is 2. The predicted octanol–water partition coefficient (Wildman–Crippen LogP) is 2.18. The Balaban J connectivity index is 2.44. The fraction of sp³-hybridized carbons (Fsp3) is 0.818. The minimum Gasteiger partial charge on any atom is -0.376 e. The molecule has 0 radical (unpaired) electrons. The fourth-order valence-corrected chi connectivity index (χ4v) is 1.37. The van der Waals surface area contributed by atoms with Crippen molar-refractivity contribution in [1.82, 2.24) is 4.90 Å². The Kier molecular flexibility index (Phi) is 3.72. The summed E-state index contributed by atoms with van der Waals surface area (Å²) >= 11 is 0. The van der Waals surface area contributed by atoms with Crippen LogP contribution >= 0.6 is 0 Å². The minimum atomic E-state index is -0.620. The Morgan fingerprint density at radius 1 is 1.07 bits per heavy atom. The normalized spacial score (nSPS) is 17.4. The number of esters is 1. The molecule has 1 aliphatic heterocycles. The van der Waals surface area contributed by atoms with Crippen molar-refractivity contribution in [3.63, 3.8) is 0 Å². The van der Waals surface area contributed by atoms with E-state index < -0.39 is 17.5 Å². The van der Waals surface area contributed by atoms with Crippen LogP contribution in [0.3, 0.4) is 0 Å². The van der Waals surface area contributed by atoms with Crippen LogP contribution in [0.2, 0.25) is 0 Å². The Labute approximate surface area is 90.6 Å². The van der Waals surface area contributed by atoms with Crippen LogP contribution in [0.4, 0.5) is 4.79 Å². The quantitative estimate of drug-likeness (QED) is 0.457. The van der Waals surface area contributed by atoms with E-state index in [1.807, 2.05) is 0 Å². The molecule has 1 saturated heterocycles. The summed E-state index contributed by atoms with van der Waals surface area (Å²) < 4.78 is 4.80. The molecule has 1 heterocycles. The Morgan fingerprint density at radius 2 is 1.60 bits per heavy atom. The van der Waals surface area contributed by atoms with Crippen molar-refractivity contribution in [3.05, 3.63) is 0 Å². The molecule has 0 aromatic heterocycles. The Bertz CT molecular complexity index is 249. The van der Waals surface area contributed by atoms with Crippen molar-refractivity contribution in [2.24, 2.45) is 5.41 Å². The molecule has 0 aliphatic carbocycles. The molecule has 0 aromatic carbocycles. The number of carbonyl (C=O) groups excluding carboxylic acids is 2. The molecule has 1 rings (SSSR count). The molecule has 0 bridgehead atoms. The van der Waals surface area contributed by atoms with Gasteiger partial charge in [-0.25, -0.2) is 4.79 Å². The molecule has 1 amide bonds. The molecule has 15 heavy (non-hydrogen) atoms. The van der Waals surface area contributed by atoms with Crippen LogP contribution in [0.1, 0.15) is 40.0 Å². The maximum atomic E-state index is 11.5. The summed E-state index contributed by atoms with van der Waals surface area (Å²) in [6.45, 7) is 6.61. The van der Waals surface area contributed by atoms with Gasteiger partial charge in [-0.05, 0) is 40.0 Å². The molecule has 86 valence electrons. The number of rotatable bonds is 0. The molecule has 1 aliphatic rings. The molecular formula is C11H19NO3. The van der Waals surface area contributed by atoms with Gasteiger partial charge in [-0.3, -0.25) is 4.79 Å². The largest absolute Gasteiger partial charge is 0.417 e. The van der Waals surface area contributed by atoms with Crippen molar-refractivity contribution in [1.29, 1.82) is 0 Å². The zero-order chi connectivity index (χ0) is 11.5. The first kappa shape index (κ1) is 12.0. The van der Waals surface area contributed by atoms with E-state index in [-0.39, 0.29) is 0 Å². The number of nitrogens with zero attached hydrogens (tertiary/aromatic N) is 1. The smallest absolute Gasteiger partial charge is 0.376 e. The van der Waals surface area contributed by atoms with E-state index in [1.54, 1.807) is 25.7 Å². The van der Waals surface area contributed by atoms with Crippen LogP contribution in [0.15, 0.2) is 0 Å². The highest BCUT2D eigenvalue weighted by molar-refractivity contribution is 5.87. The van der Waals surface area contributed by atoms with Gasteiger partial charge in [-0.15, -0.1) is 0 Å². The molecule has 0 N–H and O–H groups in total. The van der Waals surface area contributed by atoms with E-state index in [0.717, 1.165) is 19.3 Å². The molecule has 0 saturated carbocycles. The average Bonchev–Trinajstić information content (AvgIpc) is 2.17. The van der Waals surface area contributed by atoms with Crippen molar-refractivity contribution < 1.29 is 14.3 Å². The third-order valence-electron chi connectivity index (χ3n) is 2.41. The fourth-order valence-electron chi connectivity index (χ4n) is 1.37. The Morgan fingerprint density at radius 3 is 2.07 bits per heavy atom. The summed E-state index contributed by atoms with van der Waals surface area (Å²) in [7, 11) is 0. The van der Waals surface area contributed by atoms with Gasteiger partial charge in [-0.2, -0.15) is 0 Å². The first-order valence-corrected chi connectivity index (χ1v) is 5.42. The zero-order valence-corrected chi connectivity index (χ0v) is 9.71. The van der Waals surface area contributed by atoms with Crippen LogP contribution in [0.5, 0.6) is 0 Å². The van der Waals surface area contributed by atoms with Crippen LogP contribution < -0.4 is 0 Å². The lowest BCUT2D eigenvalue weighted by Gasteiger charge is -2.26. The van der Waals surface area contributed by atoms with Crippen LogP contribution in [0.25, 0.3) is 0 Å². The highest BCUT2D eigenvalue weighted by Crippen LogP contribution is 2.17. The number of hydrogen-bond acceptors (Lipinski definition) is 3. The van der Waals surface area contributed by atoms with Crippen molar-refractivity contribution in [2.75, 3.05) is 13.1 Å². The summed E-state index contributed by atoms with van der Waals surface area (Å²) in [6, 6.07) is 0. The summed E-state index contributed by atoms with van der Waals surface area (Å²) in [4.78, 5) is 24.6. The molecule has 0 spiro atoms. The van der Waals surface area contributed by atoms with Crippen LogP contribution in [-0.2, 0) is 9.53 Å². The third kappa shape index (κ3) is 3.53. The molecule has 4 heteroatoms. The van der Waals surface area contributed by atoms with Crippen molar-refractivity contribution in [3.8, 4) is 0 Å². The second-order valence-electron chi connectivity index (χ2n) is 4.95. The van der Waals surface area contributed by atoms with Gasteiger partial charge in [0, 0.05) is 13.1 Å². The van der Waals surface area contributed by atoms with E-state index in [0.29, 0.717) is 13.1 Å². The molecule has 0 unspecified atom stereocenters. The number of hydrogen-bond donors (Lipinski definition) is 0. The second kappa shape index (κ2) is 4.64. The van der Waals surface area contributed by atoms with Gasteiger partial charge in [0.25, 0.3) is 0 Å². The number of piperidine rings is 1. The summed E-state index contributed by atoms with van der Waals surface area (Å²) in [5, 5.41) is 0. The van der Waals surface area contributed by atoms with E-state index in [2.05, 4.69) is 0 Å². The number of ether oxygens (including phenoxy) is 1. The van der Waals surface area contributed by atoms with Crippen molar-refractivity contribution >= 4 is 12.1 Å². The Hall–Kier alpha value is -1.06. The highest BCUT2D eigenvalue weighted by atomic mass is 16.6. The van der Waals surface area contributed by atoms with Gasteiger partial charge < -0.3 is 9.64 Å². The maximum Gasteiger partial charge on any atom is 0.417 e. The highest BCUT2D eigenvalue weighted by Gasteiger charge is 2.28. The lowest BCUT2D eigenvalue weighted by molar-refractivity contribution is -0.147. The maximum absolute atomic E-state index is 11.5. The van der Waals surface area contributed by atoms with E-state index in [4.69, 9.17) is 4.74 Å². The predicted molar refractivity (Wildman–Crippen MR) is 56.4 cm³/mol. The lowest BCUT2D eigenvalue weighted by atomic mass is 9.97. The monoisotopic (exact) mass is 213 g/mol. The van der Waals surface area contributed by atoms with Gasteiger partial charge in [0.15, 0.2) is 0 Å². The molecule has 0 atom stereocenters. The standard InChI is InChI=1S/C11H19NO3/c1-11(2,3)9(13)15-10(14)12-7-5-4-6-8-12/h4-8H2,1-3H3. The summed E-state index contributed by atoms with van der Waals surface area (Å²) in [5.74, 6) is -0.460. The SMILES string of the molecule is CC(C)(C)C(=O)OC(=O)N1CCCCC1. The van der Waals surface area contributed by atoms with Crippen LogP contribution in [0, 0.1) is 5.41 Å². The van der Waals surface area contributed by atoms with E-state index in [1.165, 1.54) is 0 Å². The van der Waals surface area contributed by atoms with Crippen molar-refractivity contribution in [2.45, 2.75) is 40.0 Å². The first-order valence-electron chi connectivity index (χ1n) is 5.42. The number of amides is 1. The molecule has 0 aromatic rings. The summed E-state index contributed by atoms with van der Waals surface area (Å²) in [5.41, 5.74) is -0.620. The zero-order valence-electron chi connectivity index (χ0n) is 9.71. The van der Waals surface area contributed by atoms with E-state index >= 15 is 0 Å². The third-order valence-corrected chi connectivity index (χ3v) is 2.41. The second-order valence-corrected chi connectivity index (χ2v) is 4.95. The van der Waals surface area contributed by atoms with E-state index in [9.17, 15) is 9.59 Å². The molecule has 4 nitrogen and oxygen atoms in total. The van der Waals surface area contributed by atoms with Gasteiger partial charge in [0.05, 0.1) is 5.41 Å².